The zero-order valence-corrected chi connectivity index (χ0v) is 19.4. The molecular weight excluding hydrogens is 448 g/mol. The molecule has 0 unspecified atom stereocenters. The molecule has 0 saturated carbocycles. The normalized spacial score (nSPS) is 10.6. The first-order chi connectivity index (χ1) is 17.5. The molecule has 0 aliphatic carbocycles. The van der Waals surface area contributed by atoms with Gasteiger partial charge in [0, 0.05) is 17.3 Å². The summed E-state index contributed by atoms with van der Waals surface area (Å²) >= 11 is 0. The third-order valence-corrected chi connectivity index (χ3v) is 6.15. The molecule has 1 aromatic heterocycles. The van der Waals surface area contributed by atoms with Crippen LogP contribution in [-0.2, 0) is 6.61 Å². The van der Waals surface area contributed by atoms with E-state index >= 15 is 0 Å². The summed E-state index contributed by atoms with van der Waals surface area (Å²) in [6.07, 6.45) is 1.87. The van der Waals surface area contributed by atoms with E-state index in [1.165, 1.54) is 0 Å². The molecule has 1 heterocycles. The average molecular weight is 471 g/mol. The quantitative estimate of drug-likeness (QED) is 0.267. The molecule has 5 heteroatoms. The SMILES string of the molecule is C=C(c1ccc(COc2ccc(C#N)cc2)cc1)c1cccc(C(=O)O)c1-c1ccc2cc[nH]c2c1. The minimum absolute atomic E-state index is 0.229. The Labute approximate surface area is 208 Å². The molecule has 0 amide bonds. The van der Waals surface area contributed by atoms with Crippen molar-refractivity contribution in [3.8, 4) is 22.9 Å². The number of ether oxygens (including phenoxy) is 1. The standard InChI is InChI=1S/C31H22N2O3/c1-20(23-9-5-22(6-10-23)19-36-26-13-7-21(18-32)8-14-26)27-3-2-4-28(31(34)35)30(27)25-12-11-24-15-16-33-29(24)17-25/h2-17,33H,1,19H2,(H,34,35). The molecule has 2 N–H and O–H groups in total. The zero-order chi connectivity index (χ0) is 25.1. The monoisotopic (exact) mass is 470 g/mol. The van der Waals surface area contributed by atoms with Crippen molar-refractivity contribution in [2.45, 2.75) is 6.61 Å². The first kappa shape index (κ1) is 22.7. The number of rotatable bonds is 7. The van der Waals surface area contributed by atoms with Crippen molar-refractivity contribution in [2.75, 3.05) is 0 Å². The van der Waals surface area contributed by atoms with E-state index in [0.29, 0.717) is 23.5 Å². The summed E-state index contributed by atoms with van der Waals surface area (Å²) < 4.78 is 5.82. The number of fused-ring (bicyclic) bond motifs is 1. The molecule has 36 heavy (non-hydrogen) atoms. The van der Waals surface area contributed by atoms with Crippen LogP contribution in [0.5, 0.6) is 5.75 Å². The highest BCUT2D eigenvalue weighted by molar-refractivity contribution is 6.02. The summed E-state index contributed by atoms with van der Waals surface area (Å²) in [4.78, 5) is 15.3. The molecule has 0 atom stereocenters. The van der Waals surface area contributed by atoms with Gasteiger partial charge in [0.2, 0.25) is 0 Å². The molecule has 0 radical (unpaired) electrons. The molecule has 4 aromatic carbocycles. The second kappa shape index (κ2) is 9.65. The number of aromatic nitrogens is 1. The van der Waals surface area contributed by atoms with E-state index in [9.17, 15) is 9.90 Å². The number of carboxylic acid groups (broad SMARTS) is 1. The minimum atomic E-state index is -0.985. The van der Waals surface area contributed by atoms with Crippen molar-refractivity contribution < 1.29 is 14.6 Å². The van der Waals surface area contributed by atoms with Crippen molar-refractivity contribution in [3.63, 3.8) is 0 Å². The molecule has 5 nitrogen and oxygen atoms in total. The van der Waals surface area contributed by atoms with E-state index in [4.69, 9.17) is 10.00 Å². The first-order valence-corrected chi connectivity index (χ1v) is 11.4. The number of benzene rings is 4. The predicted octanol–water partition coefficient (Wildman–Crippen LogP) is 7.05. The number of carboxylic acids is 1. The Morgan fingerprint density at radius 2 is 1.69 bits per heavy atom. The lowest BCUT2D eigenvalue weighted by Crippen LogP contribution is -2.03. The van der Waals surface area contributed by atoms with Crippen LogP contribution in [0.2, 0.25) is 0 Å². The van der Waals surface area contributed by atoms with E-state index in [-0.39, 0.29) is 5.56 Å². The highest BCUT2D eigenvalue weighted by Gasteiger charge is 2.18. The van der Waals surface area contributed by atoms with Crippen molar-refractivity contribution in [3.05, 3.63) is 132 Å². The smallest absolute Gasteiger partial charge is 0.336 e. The number of hydrogen-bond donors (Lipinski definition) is 2. The van der Waals surface area contributed by atoms with Gasteiger partial charge >= 0.3 is 5.97 Å². The predicted molar refractivity (Wildman–Crippen MR) is 141 cm³/mol. The Kier molecular flexibility index (Phi) is 6.09. The molecule has 0 aliphatic rings. The minimum Gasteiger partial charge on any atom is -0.489 e. The number of H-pyrrole nitrogens is 1. The summed E-state index contributed by atoms with van der Waals surface area (Å²) in [5, 5.41) is 19.9. The van der Waals surface area contributed by atoms with Crippen molar-refractivity contribution in [2.24, 2.45) is 0 Å². The fraction of sp³-hybridized carbons (Fsp3) is 0.0323. The second-order valence-corrected chi connectivity index (χ2v) is 8.41. The van der Waals surface area contributed by atoms with Crippen LogP contribution in [-0.4, -0.2) is 16.1 Å². The van der Waals surface area contributed by atoms with Crippen molar-refractivity contribution >= 4 is 22.4 Å². The van der Waals surface area contributed by atoms with Gasteiger partial charge in [-0.05, 0) is 75.7 Å². The summed E-state index contributed by atoms with van der Waals surface area (Å²) in [7, 11) is 0. The third kappa shape index (κ3) is 4.48. The van der Waals surface area contributed by atoms with Crippen LogP contribution in [0.25, 0.3) is 27.6 Å². The maximum atomic E-state index is 12.1. The summed E-state index contributed by atoms with van der Waals surface area (Å²) in [5.41, 5.74) is 6.58. The second-order valence-electron chi connectivity index (χ2n) is 8.41. The van der Waals surface area contributed by atoms with E-state index in [2.05, 4.69) is 17.6 Å². The molecule has 174 valence electrons. The van der Waals surface area contributed by atoms with Crippen LogP contribution in [0.4, 0.5) is 0 Å². The van der Waals surface area contributed by atoms with Crippen molar-refractivity contribution in [1.82, 2.24) is 4.98 Å². The molecule has 0 fully saturated rings. The number of aromatic carboxylic acids is 1. The van der Waals surface area contributed by atoms with Crippen molar-refractivity contribution in [1.29, 1.82) is 5.26 Å². The van der Waals surface area contributed by atoms with Gasteiger partial charge in [0.15, 0.2) is 0 Å². The number of aromatic amines is 1. The Morgan fingerprint density at radius 1 is 0.944 bits per heavy atom. The van der Waals surface area contributed by atoms with Gasteiger partial charge < -0.3 is 14.8 Å². The highest BCUT2D eigenvalue weighted by atomic mass is 16.5. The molecule has 0 saturated heterocycles. The van der Waals surface area contributed by atoms with Gasteiger partial charge in [-0.3, -0.25) is 0 Å². The van der Waals surface area contributed by atoms with Gasteiger partial charge in [-0.2, -0.15) is 5.26 Å². The zero-order valence-electron chi connectivity index (χ0n) is 19.4. The van der Waals surface area contributed by atoms with Gasteiger partial charge in [0.1, 0.15) is 12.4 Å². The maximum Gasteiger partial charge on any atom is 0.336 e. The summed E-state index contributed by atoms with van der Waals surface area (Å²) in [5.74, 6) is -0.293. The van der Waals surface area contributed by atoms with E-state index in [0.717, 1.165) is 38.7 Å². The summed E-state index contributed by atoms with van der Waals surface area (Å²) in [6, 6.07) is 30.1. The molecule has 0 aliphatic heterocycles. The first-order valence-electron chi connectivity index (χ1n) is 11.4. The molecule has 5 rings (SSSR count). The van der Waals surface area contributed by atoms with E-state index in [1.54, 1.807) is 36.4 Å². The van der Waals surface area contributed by atoms with Gasteiger partial charge in [0.05, 0.1) is 17.2 Å². The Hall–Kier alpha value is -5.08. The van der Waals surface area contributed by atoms with E-state index in [1.807, 2.05) is 60.8 Å². The maximum absolute atomic E-state index is 12.1. The molecule has 5 aromatic rings. The third-order valence-electron chi connectivity index (χ3n) is 6.15. The topological polar surface area (TPSA) is 86.1 Å². The Balaban J connectivity index is 1.43. The number of carbonyl (C=O) groups is 1. The lowest BCUT2D eigenvalue weighted by atomic mass is 9.88. The lowest BCUT2D eigenvalue weighted by molar-refractivity contribution is 0.0697. The average Bonchev–Trinajstić information content (AvgIpc) is 3.39. The van der Waals surface area contributed by atoms with Gasteiger partial charge in [-0.25, -0.2) is 4.79 Å². The number of nitrogens with zero attached hydrogens (tertiary/aromatic N) is 1. The van der Waals surface area contributed by atoms with Crippen LogP contribution >= 0.6 is 0 Å². The fourth-order valence-corrected chi connectivity index (χ4v) is 4.25. The van der Waals surface area contributed by atoms with Crippen LogP contribution in [0.15, 0.2) is 104 Å². The van der Waals surface area contributed by atoms with Crippen LogP contribution in [0.1, 0.15) is 32.6 Å². The van der Waals surface area contributed by atoms with Gasteiger partial charge in [-0.15, -0.1) is 0 Å². The number of nitriles is 1. The largest absolute Gasteiger partial charge is 0.489 e. The lowest BCUT2D eigenvalue weighted by Gasteiger charge is -2.16. The Morgan fingerprint density at radius 3 is 2.42 bits per heavy atom. The van der Waals surface area contributed by atoms with Crippen LogP contribution < -0.4 is 4.74 Å². The summed E-state index contributed by atoms with van der Waals surface area (Å²) in [6.45, 7) is 4.70. The van der Waals surface area contributed by atoms with Gasteiger partial charge in [-0.1, -0.05) is 55.1 Å². The highest BCUT2D eigenvalue weighted by Crippen LogP contribution is 2.36. The molecule has 0 bridgehead atoms. The fourth-order valence-electron chi connectivity index (χ4n) is 4.25. The number of nitrogens with one attached hydrogen (secondary N) is 1. The van der Waals surface area contributed by atoms with Crippen LogP contribution in [0.3, 0.4) is 0 Å². The molecule has 0 spiro atoms. The number of hydrogen-bond acceptors (Lipinski definition) is 3. The van der Waals surface area contributed by atoms with Crippen LogP contribution in [0, 0.1) is 11.3 Å². The Bertz CT molecular complexity index is 1620. The molecular formula is C31H22N2O3. The van der Waals surface area contributed by atoms with E-state index < -0.39 is 5.97 Å². The van der Waals surface area contributed by atoms with Gasteiger partial charge in [0.25, 0.3) is 0 Å².